The Morgan fingerprint density at radius 2 is 2.13 bits per heavy atom. The van der Waals surface area contributed by atoms with E-state index in [1.807, 2.05) is 22.6 Å². The van der Waals surface area contributed by atoms with Crippen LogP contribution in [0.3, 0.4) is 0 Å². The quantitative estimate of drug-likeness (QED) is 0.617. The van der Waals surface area contributed by atoms with Crippen molar-refractivity contribution in [3.8, 4) is 11.5 Å². The molecule has 0 amide bonds. The molecule has 0 spiro atoms. The molecule has 2 N–H and O–H groups in total. The van der Waals surface area contributed by atoms with E-state index in [4.69, 9.17) is 4.74 Å². The van der Waals surface area contributed by atoms with Crippen molar-refractivity contribution in [1.29, 1.82) is 0 Å². The van der Waals surface area contributed by atoms with Gasteiger partial charge in [0.1, 0.15) is 9.80 Å². The first-order valence-electron chi connectivity index (χ1n) is 4.31. The molecule has 2 atom stereocenters. The van der Waals surface area contributed by atoms with Crippen LogP contribution in [0, 0.1) is 3.70 Å². The molecular weight excluding hydrogens is 377 g/mol. The Labute approximate surface area is 110 Å². The second-order valence-electron chi connectivity index (χ2n) is 3.15. The van der Waals surface area contributed by atoms with Crippen LogP contribution in [-0.2, 0) is 0 Å². The third-order valence-electron chi connectivity index (χ3n) is 1.88. The number of hydrogen-bond acceptors (Lipinski definition) is 4. The van der Waals surface area contributed by atoms with Crippen LogP contribution in [0.4, 0.5) is 0 Å². The van der Waals surface area contributed by atoms with Gasteiger partial charge >= 0.3 is 0 Å². The van der Waals surface area contributed by atoms with Gasteiger partial charge < -0.3 is 14.9 Å². The average Bonchev–Trinajstić information content (AvgIpc) is 2.13. The summed E-state index contributed by atoms with van der Waals surface area (Å²) in [5, 5.41) is 18.9. The zero-order chi connectivity index (χ0) is 11.6. The molecule has 0 saturated carbocycles. The normalized spacial score (nSPS) is 14.7. The number of rotatable bonds is 3. The molecule has 0 aliphatic carbocycles. The Hall–Kier alpha value is -0.0800. The van der Waals surface area contributed by atoms with Gasteiger partial charge in [0, 0.05) is 6.07 Å². The molecule has 1 aromatic heterocycles. The Morgan fingerprint density at radius 1 is 1.53 bits per heavy atom. The van der Waals surface area contributed by atoms with Crippen molar-refractivity contribution >= 4 is 38.5 Å². The van der Waals surface area contributed by atoms with Gasteiger partial charge in [-0.2, -0.15) is 0 Å². The van der Waals surface area contributed by atoms with E-state index < -0.39 is 6.10 Å². The van der Waals surface area contributed by atoms with Crippen LogP contribution in [-0.4, -0.2) is 27.4 Å². The summed E-state index contributed by atoms with van der Waals surface area (Å²) in [7, 11) is 0. The van der Waals surface area contributed by atoms with Crippen LogP contribution in [0.15, 0.2) is 10.7 Å². The summed E-state index contributed by atoms with van der Waals surface area (Å²) < 4.78 is 6.43. The third-order valence-corrected chi connectivity index (χ3v) is 2.98. The monoisotopic (exact) mass is 387 g/mol. The number of hydrogen-bond donors (Lipinski definition) is 2. The van der Waals surface area contributed by atoms with Crippen LogP contribution in [0.5, 0.6) is 11.5 Å². The lowest BCUT2D eigenvalue weighted by Gasteiger charge is -2.18. The molecular formula is C9H11BrINO3. The van der Waals surface area contributed by atoms with E-state index in [1.165, 1.54) is 0 Å². The van der Waals surface area contributed by atoms with Crippen LogP contribution in [0.2, 0.25) is 0 Å². The molecule has 0 aliphatic heterocycles. The number of nitrogens with zero attached hydrogens (tertiary/aromatic N) is 1. The zero-order valence-corrected chi connectivity index (χ0v) is 12.0. The van der Waals surface area contributed by atoms with Crippen LogP contribution < -0.4 is 4.74 Å². The first kappa shape index (κ1) is 13.0. The number of aliphatic hydroxyl groups excluding tert-OH is 1. The van der Waals surface area contributed by atoms with E-state index >= 15 is 0 Å². The highest BCUT2D eigenvalue weighted by atomic mass is 127. The van der Waals surface area contributed by atoms with Crippen molar-refractivity contribution in [2.24, 2.45) is 0 Å². The topological polar surface area (TPSA) is 62.6 Å². The van der Waals surface area contributed by atoms with Crippen molar-refractivity contribution in [2.45, 2.75) is 26.1 Å². The standard InChI is InChI=1S/C9H11BrINO3/c1-4(13)5(2)15-6-3-7(11)12-9(10)8(6)14/h3-5,13-14H,1-2H3. The average molecular weight is 388 g/mol. The number of aromatic nitrogens is 1. The minimum Gasteiger partial charge on any atom is -0.502 e. The number of pyridine rings is 1. The maximum atomic E-state index is 9.63. The highest BCUT2D eigenvalue weighted by Crippen LogP contribution is 2.34. The minimum absolute atomic E-state index is 0.0529. The van der Waals surface area contributed by atoms with E-state index in [1.54, 1.807) is 19.9 Å². The molecule has 84 valence electrons. The van der Waals surface area contributed by atoms with E-state index in [-0.39, 0.29) is 11.9 Å². The number of ether oxygens (including phenoxy) is 1. The molecule has 2 unspecified atom stereocenters. The van der Waals surface area contributed by atoms with E-state index in [2.05, 4.69) is 20.9 Å². The van der Waals surface area contributed by atoms with Crippen molar-refractivity contribution in [3.63, 3.8) is 0 Å². The molecule has 1 rings (SSSR count). The van der Waals surface area contributed by atoms with Gasteiger partial charge in [-0.25, -0.2) is 4.98 Å². The van der Waals surface area contributed by atoms with E-state index in [9.17, 15) is 10.2 Å². The summed E-state index contributed by atoms with van der Waals surface area (Å²) in [5.74, 6) is 0.262. The first-order chi connectivity index (χ1) is 6.91. The Balaban J connectivity index is 2.94. The van der Waals surface area contributed by atoms with Gasteiger partial charge in [-0.3, -0.25) is 0 Å². The summed E-state index contributed by atoms with van der Waals surface area (Å²) in [6.45, 7) is 3.36. The second-order valence-corrected chi connectivity index (χ2v) is 5.00. The van der Waals surface area contributed by atoms with Gasteiger partial charge in [0.2, 0.25) is 0 Å². The Bertz CT molecular complexity index is 359. The number of aliphatic hydroxyl groups is 1. The summed E-state index contributed by atoms with van der Waals surface area (Å²) >= 11 is 5.13. The third kappa shape index (κ3) is 3.46. The molecule has 4 nitrogen and oxygen atoms in total. The van der Waals surface area contributed by atoms with Crippen molar-refractivity contribution in [2.75, 3.05) is 0 Å². The molecule has 1 heterocycles. The SMILES string of the molecule is CC(O)C(C)Oc1cc(I)nc(Br)c1O. The van der Waals surface area contributed by atoms with Crippen molar-refractivity contribution in [3.05, 3.63) is 14.4 Å². The fourth-order valence-corrected chi connectivity index (χ4v) is 2.09. The largest absolute Gasteiger partial charge is 0.502 e. The molecule has 0 aliphatic rings. The molecule has 15 heavy (non-hydrogen) atoms. The lowest BCUT2D eigenvalue weighted by atomic mass is 10.2. The fraction of sp³-hybridized carbons (Fsp3) is 0.444. The highest BCUT2D eigenvalue weighted by molar-refractivity contribution is 14.1. The minimum atomic E-state index is -0.603. The second kappa shape index (κ2) is 5.31. The molecule has 0 fully saturated rings. The van der Waals surface area contributed by atoms with Crippen molar-refractivity contribution in [1.82, 2.24) is 4.98 Å². The predicted octanol–water partition coefficient (Wildman–Crippen LogP) is 2.30. The summed E-state index contributed by atoms with van der Waals surface area (Å²) in [5.41, 5.74) is 0. The number of halogens is 2. The van der Waals surface area contributed by atoms with E-state index in [0.29, 0.717) is 14.1 Å². The van der Waals surface area contributed by atoms with Gasteiger partial charge in [0.25, 0.3) is 0 Å². The Morgan fingerprint density at radius 3 is 2.67 bits per heavy atom. The van der Waals surface area contributed by atoms with Gasteiger partial charge in [-0.15, -0.1) is 0 Å². The first-order valence-corrected chi connectivity index (χ1v) is 6.18. The molecule has 0 saturated heterocycles. The smallest absolute Gasteiger partial charge is 0.191 e. The summed E-state index contributed by atoms with van der Waals surface area (Å²) in [4.78, 5) is 4.00. The van der Waals surface area contributed by atoms with Gasteiger partial charge in [-0.1, -0.05) is 0 Å². The summed E-state index contributed by atoms with van der Waals surface area (Å²) in [6, 6.07) is 1.61. The Kier molecular flexibility index (Phi) is 4.60. The lowest BCUT2D eigenvalue weighted by Crippen LogP contribution is -2.25. The zero-order valence-electron chi connectivity index (χ0n) is 8.24. The van der Waals surface area contributed by atoms with Gasteiger partial charge in [0.05, 0.1) is 6.10 Å². The molecule has 0 radical (unpaired) electrons. The lowest BCUT2D eigenvalue weighted by molar-refractivity contribution is 0.0585. The van der Waals surface area contributed by atoms with Gasteiger partial charge in [-0.05, 0) is 52.4 Å². The molecule has 0 bridgehead atoms. The fourth-order valence-electron chi connectivity index (χ4n) is 0.846. The van der Waals surface area contributed by atoms with Crippen LogP contribution >= 0.6 is 38.5 Å². The van der Waals surface area contributed by atoms with Crippen molar-refractivity contribution < 1.29 is 14.9 Å². The predicted molar refractivity (Wildman–Crippen MR) is 68.1 cm³/mol. The molecule has 0 aromatic carbocycles. The molecule has 6 heteroatoms. The van der Waals surface area contributed by atoms with Crippen LogP contribution in [0.1, 0.15) is 13.8 Å². The van der Waals surface area contributed by atoms with Crippen LogP contribution in [0.25, 0.3) is 0 Å². The van der Waals surface area contributed by atoms with Gasteiger partial charge in [0.15, 0.2) is 16.1 Å². The summed E-state index contributed by atoms with van der Waals surface area (Å²) in [6.07, 6.45) is -0.991. The number of aromatic hydroxyl groups is 1. The van der Waals surface area contributed by atoms with E-state index in [0.717, 1.165) is 0 Å². The highest BCUT2D eigenvalue weighted by Gasteiger charge is 2.15. The molecule has 1 aromatic rings. The maximum absolute atomic E-state index is 9.63. The maximum Gasteiger partial charge on any atom is 0.191 e.